The van der Waals surface area contributed by atoms with Gasteiger partial charge in [0, 0.05) is 37.9 Å². The first-order chi connectivity index (χ1) is 13.9. The van der Waals surface area contributed by atoms with Gasteiger partial charge in [-0.15, -0.1) is 0 Å². The normalized spacial score (nSPS) is 15.8. The van der Waals surface area contributed by atoms with E-state index in [1.165, 1.54) is 0 Å². The summed E-state index contributed by atoms with van der Waals surface area (Å²) < 4.78 is 29.3. The molecule has 1 saturated heterocycles. The van der Waals surface area contributed by atoms with Gasteiger partial charge < -0.3 is 9.88 Å². The van der Waals surface area contributed by atoms with Crippen molar-refractivity contribution in [2.45, 2.75) is 56.9 Å². The molecule has 158 valence electrons. The number of carbonyl (C=O) groups excluding carboxylic acids is 1. The molecule has 1 fully saturated rings. The molecule has 2 heterocycles. The zero-order chi connectivity index (χ0) is 20.9. The summed E-state index contributed by atoms with van der Waals surface area (Å²) in [4.78, 5) is 12.5. The van der Waals surface area contributed by atoms with E-state index in [9.17, 15) is 13.2 Å². The number of amides is 1. The highest BCUT2D eigenvalue weighted by atomic mass is 32.2. The topological polar surface area (TPSA) is 71.4 Å². The van der Waals surface area contributed by atoms with Gasteiger partial charge in [-0.05, 0) is 56.0 Å². The van der Waals surface area contributed by atoms with Gasteiger partial charge in [0.25, 0.3) is 0 Å². The second kappa shape index (κ2) is 9.59. The van der Waals surface area contributed by atoms with Gasteiger partial charge in [0.15, 0.2) is 0 Å². The van der Waals surface area contributed by atoms with E-state index < -0.39 is 10.0 Å². The zero-order valence-electron chi connectivity index (χ0n) is 17.4. The number of nitrogens with one attached hydrogen (secondary N) is 1. The fourth-order valence-corrected chi connectivity index (χ4v) is 5.16. The third-order valence-corrected chi connectivity index (χ3v) is 7.62. The molecular formula is C22H31N3O3S. The summed E-state index contributed by atoms with van der Waals surface area (Å²) in [5.74, 6) is -0.00915. The first-order valence-corrected chi connectivity index (χ1v) is 11.8. The van der Waals surface area contributed by atoms with Crippen LogP contribution in [0.1, 0.15) is 49.1 Å². The molecule has 0 bridgehead atoms. The van der Waals surface area contributed by atoms with Crippen molar-refractivity contribution in [1.82, 2.24) is 14.2 Å². The first-order valence-electron chi connectivity index (χ1n) is 10.3. The van der Waals surface area contributed by atoms with E-state index in [1.54, 1.807) is 16.4 Å². The molecule has 1 aliphatic heterocycles. The van der Waals surface area contributed by atoms with Gasteiger partial charge in [-0.25, -0.2) is 8.42 Å². The van der Waals surface area contributed by atoms with Gasteiger partial charge in [-0.3, -0.25) is 4.79 Å². The zero-order valence-corrected chi connectivity index (χ0v) is 18.2. The predicted octanol–water partition coefficient (Wildman–Crippen LogP) is 3.15. The van der Waals surface area contributed by atoms with E-state index >= 15 is 0 Å². The number of sulfonamides is 1. The van der Waals surface area contributed by atoms with Gasteiger partial charge in [-0.2, -0.15) is 4.31 Å². The van der Waals surface area contributed by atoms with Crippen molar-refractivity contribution in [1.29, 1.82) is 0 Å². The first kappa shape index (κ1) is 21.6. The van der Waals surface area contributed by atoms with Gasteiger partial charge in [-0.1, -0.05) is 25.0 Å². The molecule has 0 spiro atoms. The number of carbonyl (C=O) groups is 1. The van der Waals surface area contributed by atoms with Crippen LogP contribution in [-0.4, -0.2) is 36.3 Å². The minimum Gasteiger partial charge on any atom is -0.351 e. The maximum Gasteiger partial charge on any atom is 0.243 e. The SMILES string of the molecule is Cc1ccc(CNC(=O)CCc2ccc(S(=O)(=O)N3CCCCCC3)cc2)n1C. The molecule has 3 rings (SSSR count). The Kier molecular flexibility index (Phi) is 7.14. The van der Waals surface area contributed by atoms with E-state index in [-0.39, 0.29) is 5.91 Å². The van der Waals surface area contributed by atoms with Crippen LogP contribution in [0.4, 0.5) is 0 Å². The van der Waals surface area contributed by atoms with Crippen molar-refractivity contribution in [2.24, 2.45) is 7.05 Å². The molecule has 2 aromatic rings. The Balaban J connectivity index is 1.52. The third-order valence-electron chi connectivity index (χ3n) is 5.71. The van der Waals surface area contributed by atoms with Gasteiger partial charge in [0.1, 0.15) is 0 Å². The fourth-order valence-electron chi connectivity index (χ4n) is 3.64. The predicted molar refractivity (Wildman–Crippen MR) is 114 cm³/mol. The molecule has 1 aromatic carbocycles. The van der Waals surface area contributed by atoms with Crippen LogP contribution in [0.3, 0.4) is 0 Å². The lowest BCUT2D eigenvalue weighted by molar-refractivity contribution is -0.121. The molecule has 7 heteroatoms. The van der Waals surface area contributed by atoms with Crippen LogP contribution < -0.4 is 5.32 Å². The number of nitrogens with zero attached hydrogens (tertiary/aromatic N) is 2. The van der Waals surface area contributed by atoms with Crippen LogP contribution in [0.5, 0.6) is 0 Å². The molecule has 0 aliphatic carbocycles. The average Bonchev–Trinajstić information content (AvgIpc) is 2.92. The van der Waals surface area contributed by atoms with Crippen molar-refractivity contribution in [3.8, 4) is 0 Å². The van der Waals surface area contributed by atoms with Gasteiger partial charge >= 0.3 is 0 Å². The van der Waals surface area contributed by atoms with Gasteiger partial charge in [0.05, 0.1) is 11.4 Å². The molecule has 29 heavy (non-hydrogen) atoms. The van der Waals surface area contributed by atoms with E-state index in [0.717, 1.165) is 42.6 Å². The van der Waals surface area contributed by atoms with Gasteiger partial charge in [0.2, 0.25) is 15.9 Å². The number of aromatic nitrogens is 1. The minimum absolute atomic E-state index is 0.00915. The van der Waals surface area contributed by atoms with Crippen molar-refractivity contribution in [3.05, 3.63) is 53.3 Å². The fraction of sp³-hybridized carbons (Fsp3) is 0.500. The Hall–Kier alpha value is -2.12. The lowest BCUT2D eigenvalue weighted by atomic mass is 10.1. The number of hydrogen-bond acceptors (Lipinski definition) is 3. The van der Waals surface area contributed by atoms with Crippen molar-refractivity contribution >= 4 is 15.9 Å². The maximum atomic E-state index is 12.8. The average molecular weight is 418 g/mol. The van der Waals surface area contributed by atoms with E-state index in [2.05, 4.69) is 9.88 Å². The Bertz CT molecular complexity index is 925. The van der Waals surface area contributed by atoms with Crippen LogP contribution in [0.25, 0.3) is 0 Å². The van der Waals surface area contributed by atoms with E-state index in [0.29, 0.717) is 37.4 Å². The van der Waals surface area contributed by atoms with Crippen LogP contribution in [-0.2, 0) is 34.8 Å². The standard InChI is InChI=1S/C22H31N3O3S/c1-18-7-11-20(24(18)2)17-23-22(26)14-10-19-8-12-21(13-9-19)29(27,28)25-15-5-3-4-6-16-25/h7-9,11-13H,3-6,10,14-17H2,1-2H3,(H,23,26). The molecule has 0 saturated carbocycles. The maximum absolute atomic E-state index is 12.8. The van der Waals surface area contributed by atoms with Crippen LogP contribution in [0.2, 0.25) is 0 Å². The second-order valence-corrected chi connectivity index (χ2v) is 9.70. The molecule has 1 amide bonds. The quantitative estimate of drug-likeness (QED) is 0.752. The van der Waals surface area contributed by atoms with Crippen LogP contribution in [0.15, 0.2) is 41.3 Å². The van der Waals surface area contributed by atoms with E-state index in [1.807, 2.05) is 38.2 Å². The molecule has 6 nitrogen and oxygen atoms in total. The van der Waals surface area contributed by atoms with Crippen molar-refractivity contribution < 1.29 is 13.2 Å². The van der Waals surface area contributed by atoms with Crippen molar-refractivity contribution in [3.63, 3.8) is 0 Å². The summed E-state index contributed by atoms with van der Waals surface area (Å²) >= 11 is 0. The Morgan fingerprint density at radius 3 is 2.24 bits per heavy atom. The summed E-state index contributed by atoms with van der Waals surface area (Å²) in [5.41, 5.74) is 3.19. The molecule has 0 radical (unpaired) electrons. The molecular weight excluding hydrogens is 386 g/mol. The molecule has 1 aliphatic rings. The minimum atomic E-state index is -3.42. The molecule has 0 unspecified atom stereocenters. The largest absolute Gasteiger partial charge is 0.351 e. The highest BCUT2D eigenvalue weighted by Gasteiger charge is 2.24. The monoisotopic (exact) mass is 417 g/mol. The third kappa shape index (κ3) is 5.48. The summed E-state index contributed by atoms with van der Waals surface area (Å²) in [5, 5.41) is 2.95. The highest BCUT2D eigenvalue weighted by Crippen LogP contribution is 2.21. The molecule has 0 atom stereocenters. The number of hydrogen-bond donors (Lipinski definition) is 1. The number of rotatable bonds is 7. The summed E-state index contributed by atoms with van der Waals surface area (Å²) in [7, 11) is -1.44. The second-order valence-electron chi connectivity index (χ2n) is 7.76. The summed E-state index contributed by atoms with van der Waals surface area (Å²) in [6.45, 7) is 3.74. The summed E-state index contributed by atoms with van der Waals surface area (Å²) in [6.07, 6.45) is 5.00. The lowest BCUT2D eigenvalue weighted by Crippen LogP contribution is -2.31. The van der Waals surface area contributed by atoms with Crippen molar-refractivity contribution in [2.75, 3.05) is 13.1 Å². The Morgan fingerprint density at radius 1 is 1.00 bits per heavy atom. The molecule has 1 N–H and O–H groups in total. The van der Waals surface area contributed by atoms with Crippen LogP contribution in [0, 0.1) is 6.92 Å². The van der Waals surface area contributed by atoms with Crippen LogP contribution >= 0.6 is 0 Å². The number of aryl methyl sites for hydroxylation is 2. The van der Waals surface area contributed by atoms with E-state index in [4.69, 9.17) is 0 Å². The highest BCUT2D eigenvalue weighted by molar-refractivity contribution is 7.89. The lowest BCUT2D eigenvalue weighted by Gasteiger charge is -2.20. The molecule has 1 aromatic heterocycles. The Labute approximate surface area is 174 Å². The Morgan fingerprint density at radius 2 is 1.66 bits per heavy atom. The number of benzene rings is 1. The smallest absolute Gasteiger partial charge is 0.243 e. The summed E-state index contributed by atoms with van der Waals surface area (Å²) in [6, 6.07) is 11.0.